The number of para-hydroxylation sites is 1. The topological polar surface area (TPSA) is 82.8 Å². The van der Waals surface area contributed by atoms with E-state index in [-0.39, 0.29) is 22.7 Å². The Hall–Kier alpha value is -3.89. The SMILES string of the molecule is CN1CCCC1CCNC(=O)c1c(=O)c2cc(F)c(N3CCC(c4ccccn4)C3)nc2n2c1sc1ccccc12. The molecule has 1 aromatic carbocycles. The fraction of sp³-hybridized carbons (Fsp3) is 0.355. The van der Waals surface area contributed by atoms with E-state index in [1.165, 1.54) is 17.4 Å². The third-order valence-corrected chi connectivity index (χ3v) is 9.75. The Morgan fingerprint density at radius 3 is 2.80 bits per heavy atom. The molecule has 0 aliphatic carbocycles. The van der Waals surface area contributed by atoms with E-state index in [4.69, 9.17) is 4.98 Å². The lowest BCUT2D eigenvalue weighted by Gasteiger charge is -2.20. The van der Waals surface area contributed by atoms with Gasteiger partial charge >= 0.3 is 0 Å². The number of nitrogens with zero attached hydrogens (tertiary/aromatic N) is 5. The van der Waals surface area contributed by atoms with Gasteiger partial charge in [0.05, 0.1) is 15.6 Å². The molecule has 0 saturated carbocycles. The molecule has 210 valence electrons. The van der Waals surface area contributed by atoms with Gasteiger partial charge in [0.25, 0.3) is 5.91 Å². The van der Waals surface area contributed by atoms with Crippen molar-refractivity contribution in [1.29, 1.82) is 0 Å². The molecule has 2 fully saturated rings. The van der Waals surface area contributed by atoms with E-state index in [1.807, 2.05) is 51.8 Å². The van der Waals surface area contributed by atoms with Gasteiger partial charge in [-0.25, -0.2) is 9.37 Å². The minimum absolute atomic E-state index is 0.0452. The molecule has 8 nitrogen and oxygen atoms in total. The third-order valence-electron chi connectivity index (χ3n) is 8.61. The zero-order chi connectivity index (χ0) is 28.1. The molecule has 0 radical (unpaired) electrons. The summed E-state index contributed by atoms with van der Waals surface area (Å²) in [6.07, 6.45) is 5.70. The van der Waals surface area contributed by atoms with Crippen LogP contribution in [0.1, 0.15) is 47.7 Å². The molecular formula is C31H31FN6O2S. The van der Waals surface area contributed by atoms with Crippen LogP contribution in [0.2, 0.25) is 0 Å². The standard InChI is InChI=1S/C31H31FN6O2S/c1-36-15-6-7-20(36)11-14-34-30(40)26-27(39)21-17-22(32)29(37-16-12-19(18-37)23-8-4-5-13-33-23)35-28(21)38-24-9-2-3-10-25(24)41-31(26)38/h2-5,8-10,13,17,19-20H,6-7,11-12,14-16,18H2,1H3,(H,34,40). The summed E-state index contributed by atoms with van der Waals surface area (Å²) in [7, 11) is 2.10. The predicted octanol–water partition coefficient (Wildman–Crippen LogP) is 4.80. The van der Waals surface area contributed by atoms with Crippen molar-refractivity contribution >= 4 is 49.1 Å². The fourth-order valence-electron chi connectivity index (χ4n) is 6.42. The van der Waals surface area contributed by atoms with Crippen molar-refractivity contribution in [3.63, 3.8) is 0 Å². The normalized spacial score (nSPS) is 19.6. The van der Waals surface area contributed by atoms with Gasteiger partial charge in [0.15, 0.2) is 17.3 Å². The van der Waals surface area contributed by atoms with Crippen LogP contribution in [0, 0.1) is 5.82 Å². The van der Waals surface area contributed by atoms with Gasteiger partial charge < -0.3 is 15.1 Å². The Balaban J connectivity index is 1.30. The zero-order valence-corrected chi connectivity index (χ0v) is 23.7. The summed E-state index contributed by atoms with van der Waals surface area (Å²) in [6, 6.07) is 15.3. The summed E-state index contributed by atoms with van der Waals surface area (Å²) in [5.74, 6) is -0.597. The first-order valence-electron chi connectivity index (χ1n) is 14.2. The van der Waals surface area contributed by atoms with Gasteiger partial charge in [-0.15, -0.1) is 11.3 Å². The largest absolute Gasteiger partial charge is 0.353 e. The number of fused-ring (bicyclic) bond motifs is 5. The highest BCUT2D eigenvalue weighted by Gasteiger charge is 2.30. The van der Waals surface area contributed by atoms with E-state index >= 15 is 4.39 Å². The van der Waals surface area contributed by atoms with Crippen LogP contribution in [0.3, 0.4) is 0 Å². The van der Waals surface area contributed by atoms with E-state index in [0.29, 0.717) is 36.2 Å². The van der Waals surface area contributed by atoms with Crippen molar-refractivity contribution in [2.24, 2.45) is 0 Å². The molecule has 1 amide bonds. The number of halogens is 1. The van der Waals surface area contributed by atoms with Crippen LogP contribution >= 0.6 is 11.3 Å². The molecule has 2 unspecified atom stereocenters. The van der Waals surface area contributed by atoms with Crippen LogP contribution in [-0.4, -0.2) is 64.4 Å². The van der Waals surface area contributed by atoms with Gasteiger partial charge in [-0.3, -0.25) is 19.0 Å². The van der Waals surface area contributed by atoms with E-state index in [2.05, 4.69) is 22.2 Å². The van der Waals surface area contributed by atoms with Gasteiger partial charge in [0, 0.05) is 43.5 Å². The van der Waals surface area contributed by atoms with Gasteiger partial charge in [-0.2, -0.15) is 0 Å². The van der Waals surface area contributed by atoms with Crippen LogP contribution in [0.25, 0.3) is 26.1 Å². The molecule has 10 heteroatoms. The highest BCUT2D eigenvalue weighted by atomic mass is 32.1. The van der Waals surface area contributed by atoms with E-state index in [0.717, 1.165) is 48.1 Å². The Morgan fingerprint density at radius 1 is 1.15 bits per heavy atom. The molecule has 0 bridgehead atoms. The first-order valence-corrected chi connectivity index (χ1v) is 15.0. The van der Waals surface area contributed by atoms with Crippen molar-refractivity contribution < 1.29 is 9.18 Å². The summed E-state index contributed by atoms with van der Waals surface area (Å²) in [5, 5.41) is 3.08. The molecule has 1 N–H and O–H groups in total. The number of likely N-dealkylation sites (tertiary alicyclic amines) is 1. The number of aromatic nitrogens is 3. The molecule has 0 spiro atoms. The molecule has 4 aromatic heterocycles. The van der Waals surface area contributed by atoms with Crippen molar-refractivity contribution in [3.05, 3.63) is 82.0 Å². The second-order valence-electron chi connectivity index (χ2n) is 11.1. The molecule has 2 aliphatic rings. The highest BCUT2D eigenvalue weighted by molar-refractivity contribution is 7.24. The third kappa shape index (κ3) is 4.55. The maximum absolute atomic E-state index is 15.7. The van der Waals surface area contributed by atoms with Crippen molar-refractivity contribution in [1.82, 2.24) is 24.6 Å². The maximum atomic E-state index is 15.7. The van der Waals surface area contributed by atoms with Crippen molar-refractivity contribution in [3.8, 4) is 0 Å². The summed E-state index contributed by atoms with van der Waals surface area (Å²) in [4.78, 5) is 41.4. The number of anilines is 1. The lowest BCUT2D eigenvalue weighted by Crippen LogP contribution is -2.34. The van der Waals surface area contributed by atoms with E-state index < -0.39 is 17.2 Å². The van der Waals surface area contributed by atoms with Crippen molar-refractivity contribution in [2.75, 3.05) is 38.1 Å². The van der Waals surface area contributed by atoms with Crippen LogP contribution in [0.5, 0.6) is 0 Å². The number of carbonyl (C=O) groups is 1. The summed E-state index contributed by atoms with van der Waals surface area (Å²) < 4.78 is 18.5. The smallest absolute Gasteiger partial charge is 0.258 e. The number of carbonyl (C=O) groups excluding carboxylic acids is 1. The first kappa shape index (κ1) is 26.0. The van der Waals surface area contributed by atoms with Gasteiger partial charge in [-0.1, -0.05) is 18.2 Å². The fourth-order valence-corrected chi connectivity index (χ4v) is 7.60. The average Bonchev–Trinajstić information content (AvgIpc) is 3.72. The number of amides is 1. The Bertz CT molecular complexity index is 1840. The Kier molecular flexibility index (Phi) is 6.67. The van der Waals surface area contributed by atoms with Crippen molar-refractivity contribution in [2.45, 2.75) is 37.6 Å². The quantitative estimate of drug-likeness (QED) is 0.316. The number of rotatable bonds is 6. The van der Waals surface area contributed by atoms with E-state index in [9.17, 15) is 9.59 Å². The Morgan fingerprint density at radius 2 is 2.00 bits per heavy atom. The second-order valence-corrected chi connectivity index (χ2v) is 12.1. The zero-order valence-electron chi connectivity index (χ0n) is 22.8. The lowest BCUT2D eigenvalue weighted by molar-refractivity contribution is 0.0951. The highest BCUT2D eigenvalue weighted by Crippen LogP contribution is 2.34. The number of nitrogens with one attached hydrogen (secondary N) is 1. The van der Waals surface area contributed by atoms with Crippen LogP contribution in [-0.2, 0) is 0 Å². The maximum Gasteiger partial charge on any atom is 0.258 e. The molecule has 6 heterocycles. The molecule has 2 aliphatic heterocycles. The lowest BCUT2D eigenvalue weighted by atomic mass is 10.0. The number of hydrogen-bond donors (Lipinski definition) is 1. The molecule has 41 heavy (non-hydrogen) atoms. The number of thiazole rings is 1. The number of pyridine rings is 3. The second kappa shape index (κ2) is 10.5. The average molecular weight is 571 g/mol. The molecule has 7 rings (SSSR count). The van der Waals surface area contributed by atoms with Gasteiger partial charge in [-0.05, 0) is 69.6 Å². The van der Waals surface area contributed by atoms with E-state index in [1.54, 1.807) is 6.20 Å². The number of hydrogen-bond acceptors (Lipinski definition) is 7. The van der Waals surface area contributed by atoms with Gasteiger partial charge in [0.1, 0.15) is 10.4 Å². The molecular weight excluding hydrogens is 539 g/mol. The summed E-state index contributed by atoms with van der Waals surface area (Å²) in [5.41, 5.74) is 1.73. The van der Waals surface area contributed by atoms with Crippen LogP contribution in [0.4, 0.5) is 10.2 Å². The predicted molar refractivity (Wildman–Crippen MR) is 161 cm³/mol. The van der Waals surface area contributed by atoms with Crippen LogP contribution in [0.15, 0.2) is 59.5 Å². The molecule has 2 saturated heterocycles. The van der Waals surface area contributed by atoms with Crippen LogP contribution < -0.4 is 15.6 Å². The monoisotopic (exact) mass is 570 g/mol. The first-order chi connectivity index (χ1) is 20.0. The minimum atomic E-state index is -0.564. The number of benzene rings is 1. The van der Waals surface area contributed by atoms with Gasteiger partial charge in [0.2, 0.25) is 5.43 Å². The summed E-state index contributed by atoms with van der Waals surface area (Å²) >= 11 is 1.38. The summed E-state index contributed by atoms with van der Waals surface area (Å²) in [6.45, 7) is 2.76. The minimum Gasteiger partial charge on any atom is -0.353 e. The Labute approximate surface area is 240 Å². The molecule has 2 atom stereocenters. The molecule has 5 aromatic rings.